The van der Waals surface area contributed by atoms with Crippen molar-refractivity contribution in [1.29, 1.82) is 0 Å². The number of carbonyl (C=O) groups is 3. The van der Waals surface area contributed by atoms with Gasteiger partial charge in [0, 0.05) is 0 Å². The van der Waals surface area contributed by atoms with E-state index in [4.69, 9.17) is 14.2 Å². The molecule has 0 radical (unpaired) electrons. The van der Waals surface area contributed by atoms with Crippen LogP contribution in [0.2, 0.25) is 0 Å². The van der Waals surface area contributed by atoms with E-state index >= 15 is 0 Å². The number of para-hydroxylation sites is 3. The predicted octanol–water partition coefficient (Wildman–Crippen LogP) is 4.92. The Kier molecular flexibility index (Phi) is 10.8. The van der Waals surface area contributed by atoms with Gasteiger partial charge in [0.1, 0.15) is 17.2 Å². The maximum atomic E-state index is 11.3. The van der Waals surface area contributed by atoms with Crippen LogP contribution >= 0.6 is 0 Å². The first-order valence-electron chi connectivity index (χ1n) is 14.2. The summed E-state index contributed by atoms with van der Waals surface area (Å²) >= 11 is 0. The molecular formula is C33H36O9. The molecule has 0 unspecified atom stereocenters. The van der Waals surface area contributed by atoms with Gasteiger partial charge < -0.3 is 29.5 Å². The molecule has 3 N–H and O–H groups in total. The van der Waals surface area contributed by atoms with E-state index in [9.17, 15) is 29.7 Å². The van der Waals surface area contributed by atoms with Gasteiger partial charge in [-0.15, -0.1) is 0 Å². The number of ether oxygens (including phenoxy) is 3. The summed E-state index contributed by atoms with van der Waals surface area (Å²) in [5.74, 6) is -1.44. The summed E-state index contributed by atoms with van der Waals surface area (Å²) in [5.41, 5.74) is 5.45. The third-order valence-electron chi connectivity index (χ3n) is 7.23. The van der Waals surface area contributed by atoms with Crippen molar-refractivity contribution in [3.63, 3.8) is 0 Å². The Bertz CT molecular complexity index is 1180. The second-order valence-electron chi connectivity index (χ2n) is 10.3. The van der Waals surface area contributed by atoms with E-state index < -0.39 is 37.7 Å². The van der Waals surface area contributed by atoms with Crippen LogP contribution in [0, 0.1) is 0 Å². The van der Waals surface area contributed by atoms with E-state index in [1.165, 1.54) is 0 Å². The zero-order valence-electron chi connectivity index (χ0n) is 23.5. The van der Waals surface area contributed by atoms with E-state index in [1.807, 2.05) is 54.6 Å². The lowest BCUT2D eigenvalue weighted by atomic mass is 9.94. The summed E-state index contributed by atoms with van der Waals surface area (Å²) in [4.78, 5) is 34.0. The average molecular weight is 577 g/mol. The highest BCUT2D eigenvalue weighted by atomic mass is 16.5. The van der Waals surface area contributed by atoms with Gasteiger partial charge in [-0.1, -0.05) is 54.6 Å². The second kappa shape index (κ2) is 14.9. The summed E-state index contributed by atoms with van der Waals surface area (Å²) in [6, 6.07) is 17.5. The molecule has 0 fully saturated rings. The van der Waals surface area contributed by atoms with Crippen LogP contribution in [0.4, 0.5) is 0 Å². The highest BCUT2D eigenvalue weighted by Crippen LogP contribution is 2.33. The molecule has 222 valence electrons. The lowest BCUT2D eigenvalue weighted by Gasteiger charge is -2.19. The molecule has 1 aliphatic rings. The van der Waals surface area contributed by atoms with Gasteiger partial charge in [0.25, 0.3) is 0 Å². The summed E-state index contributed by atoms with van der Waals surface area (Å²) in [6.45, 7) is -1.35. The van der Waals surface area contributed by atoms with Crippen molar-refractivity contribution in [3.8, 4) is 17.2 Å². The first-order valence-corrected chi connectivity index (χ1v) is 14.2. The zero-order chi connectivity index (χ0) is 29.9. The van der Waals surface area contributed by atoms with Crippen LogP contribution in [-0.4, -0.2) is 53.0 Å². The number of fused-ring (bicyclic) bond motifs is 6. The highest BCUT2D eigenvalue weighted by Gasteiger charge is 2.17. The van der Waals surface area contributed by atoms with Gasteiger partial charge in [0.2, 0.25) is 0 Å². The maximum Gasteiger partial charge on any atom is 0.341 e. The molecule has 0 saturated carbocycles. The second-order valence-corrected chi connectivity index (χ2v) is 10.3. The van der Waals surface area contributed by atoms with Gasteiger partial charge in [0.05, 0.1) is 0 Å². The Morgan fingerprint density at radius 2 is 0.667 bits per heavy atom. The fraction of sp³-hybridized carbons (Fsp3) is 0.364. The van der Waals surface area contributed by atoms with Crippen molar-refractivity contribution in [2.45, 2.75) is 57.8 Å². The smallest absolute Gasteiger partial charge is 0.341 e. The molecule has 3 aromatic carbocycles. The summed E-state index contributed by atoms with van der Waals surface area (Å²) in [5, 5.41) is 27.9. The monoisotopic (exact) mass is 576 g/mol. The van der Waals surface area contributed by atoms with Crippen molar-refractivity contribution in [3.05, 3.63) is 88.0 Å². The summed E-state index contributed by atoms with van der Waals surface area (Å²) < 4.78 is 17.4. The van der Waals surface area contributed by atoms with Crippen molar-refractivity contribution < 1.29 is 43.9 Å². The van der Waals surface area contributed by atoms with Crippen LogP contribution in [0.15, 0.2) is 54.6 Å². The molecule has 3 aromatic rings. The van der Waals surface area contributed by atoms with E-state index in [-0.39, 0.29) is 0 Å². The van der Waals surface area contributed by atoms with Crippen LogP contribution in [0.3, 0.4) is 0 Å². The molecule has 0 spiro atoms. The summed E-state index contributed by atoms with van der Waals surface area (Å²) in [7, 11) is 0. The Balaban J connectivity index is 1.72. The Hall–Kier alpha value is -4.53. The van der Waals surface area contributed by atoms with Crippen molar-refractivity contribution in [1.82, 2.24) is 0 Å². The van der Waals surface area contributed by atoms with Gasteiger partial charge in [-0.2, -0.15) is 0 Å². The molecule has 9 heteroatoms. The summed E-state index contributed by atoms with van der Waals surface area (Å²) in [6.07, 6.45) is 6.03. The quantitative estimate of drug-likeness (QED) is 0.324. The van der Waals surface area contributed by atoms with Gasteiger partial charge in [-0.05, 0) is 91.2 Å². The average Bonchev–Trinajstić information content (AvgIpc) is 2.95. The van der Waals surface area contributed by atoms with Gasteiger partial charge >= 0.3 is 17.9 Å². The molecule has 42 heavy (non-hydrogen) atoms. The standard InChI is InChI=1S/C33H36O9/c34-28(35)19-40-31-22-7-1-8-23(31)14-5-16-25-10-3-12-27(33(25)42-21-30(38)39)18-6-17-26-11-2-9-24(15-4-13-22)32(26)41-20-29(36)37/h1-3,7-12H,4-6,13-21H2,(H,34,35)(H,36,37)(H,38,39). The molecule has 4 rings (SSSR count). The molecule has 0 saturated heterocycles. The number of hydrogen-bond acceptors (Lipinski definition) is 6. The third kappa shape index (κ3) is 8.49. The van der Waals surface area contributed by atoms with E-state index in [1.54, 1.807) is 0 Å². The number of benzene rings is 3. The first-order chi connectivity index (χ1) is 20.3. The molecule has 0 aromatic heterocycles. The lowest BCUT2D eigenvalue weighted by molar-refractivity contribution is -0.140. The number of carboxylic acids is 3. The predicted molar refractivity (Wildman–Crippen MR) is 155 cm³/mol. The van der Waals surface area contributed by atoms with Gasteiger partial charge in [0.15, 0.2) is 19.8 Å². The van der Waals surface area contributed by atoms with E-state index in [0.29, 0.717) is 55.8 Å². The van der Waals surface area contributed by atoms with Crippen LogP contribution in [-0.2, 0) is 52.9 Å². The fourth-order valence-corrected chi connectivity index (χ4v) is 5.46. The Labute approximate surface area is 244 Å². The van der Waals surface area contributed by atoms with Crippen LogP contribution in [0.5, 0.6) is 17.2 Å². The van der Waals surface area contributed by atoms with Gasteiger partial charge in [-0.25, -0.2) is 14.4 Å². The Morgan fingerprint density at radius 3 is 0.857 bits per heavy atom. The number of carboxylic acid groups (broad SMARTS) is 3. The number of hydrogen-bond donors (Lipinski definition) is 3. The molecule has 1 aliphatic carbocycles. The Morgan fingerprint density at radius 1 is 0.452 bits per heavy atom. The van der Waals surface area contributed by atoms with Crippen LogP contribution in [0.25, 0.3) is 0 Å². The third-order valence-corrected chi connectivity index (χ3v) is 7.23. The molecule has 9 nitrogen and oxygen atoms in total. The minimum Gasteiger partial charge on any atom is -0.481 e. The molecule has 0 atom stereocenters. The van der Waals surface area contributed by atoms with Crippen molar-refractivity contribution >= 4 is 17.9 Å². The largest absolute Gasteiger partial charge is 0.481 e. The number of aryl methyl sites for hydroxylation is 6. The van der Waals surface area contributed by atoms with Crippen LogP contribution < -0.4 is 14.2 Å². The topological polar surface area (TPSA) is 140 Å². The fourth-order valence-electron chi connectivity index (χ4n) is 5.46. The minimum absolute atomic E-state index is 0.450. The molecule has 6 bridgehead atoms. The molecule has 0 amide bonds. The SMILES string of the molecule is O=C(O)COc1c2cccc1CCCc1cccc(c1OCC(=O)O)CCCc1cccc(c1OCC(=O)O)CCC2. The van der Waals surface area contributed by atoms with E-state index in [2.05, 4.69) is 0 Å². The van der Waals surface area contributed by atoms with Crippen molar-refractivity contribution in [2.24, 2.45) is 0 Å². The highest BCUT2D eigenvalue weighted by molar-refractivity contribution is 5.69. The molecule has 0 aliphatic heterocycles. The van der Waals surface area contributed by atoms with Crippen LogP contribution in [0.1, 0.15) is 52.6 Å². The van der Waals surface area contributed by atoms with E-state index in [0.717, 1.165) is 52.6 Å². The maximum absolute atomic E-state index is 11.3. The number of rotatable bonds is 9. The van der Waals surface area contributed by atoms with Gasteiger partial charge in [-0.3, -0.25) is 0 Å². The first kappa shape index (κ1) is 30.4. The molecule has 0 heterocycles. The lowest BCUT2D eigenvalue weighted by Crippen LogP contribution is -2.13. The number of aliphatic carboxylic acids is 3. The zero-order valence-corrected chi connectivity index (χ0v) is 23.5. The van der Waals surface area contributed by atoms with Crippen molar-refractivity contribution in [2.75, 3.05) is 19.8 Å². The normalized spacial score (nSPS) is 13.7. The minimum atomic E-state index is -1.06. The molecular weight excluding hydrogens is 540 g/mol.